The molecule has 2 aromatic rings. The zero-order valence-corrected chi connectivity index (χ0v) is 10.6. The zero-order valence-electron chi connectivity index (χ0n) is 10.6. The van der Waals surface area contributed by atoms with Crippen LogP contribution < -0.4 is 5.73 Å². The molecule has 0 saturated carbocycles. The van der Waals surface area contributed by atoms with Crippen molar-refractivity contribution < 1.29 is 13.9 Å². The van der Waals surface area contributed by atoms with Gasteiger partial charge in [-0.2, -0.15) is 0 Å². The Bertz CT molecular complexity index is 559. The summed E-state index contributed by atoms with van der Waals surface area (Å²) in [4.78, 5) is 11.5. The summed E-state index contributed by atoms with van der Waals surface area (Å²) in [6, 6.07) is 7.28. The van der Waals surface area contributed by atoms with Gasteiger partial charge in [0.25, 0.3) is 0 Å². The first kappa shape index (κ1) is 12.6. The Labute approximate surface area is 106 Å². The summed E-state index contributed by atoms with van der Waals surface area (Å²) < 4.78 is 10.5. The smallest absolute Gasteiger partial charge is 0.307 e. The van der Waals surface area contributed by atoms with Crippen LogP contribution in [0.15, 0.2) is 28.7 Å². The number of hydrogen-bond acceptors (Lipinski definition) is 4. The minimum Gasteiger partial charge on any atom is -0.466 e. The molecule has 0 bridgehead atoms. The summed E-state index contributed by atoms with van der Waals surface area (Å²) in [5.41, 5.74) is 7.76. The third-order valence-electron chi connectivity index (χ3n) is 2.88. The van der Waals surface area contributed by atoms with Crippen molar-refractivity contribution in [2.75, 3.05) is 6.61 Å². The van der Waals surface area contributed by atoms with Gasteiger partial charge in [0.1, 0.15) is 11.3 Å². The minimum atomic E-state index is -0.396. The second kappa shape index (κ2) is 5.23. The molecule has 0 radical (unpaired) electrons. The van der Waals surface area contributed by atoms with E-state index in [0.29, 0.717) is 6.61 Å². The number of carbonyl (C=O) groups is 1. The number of aryl methyl sites for hydroxylation is 1. The maximum Gasteiger partial charge on any atom is 0.307 e. The molecule has 0 aliphatic heterocycles. The van der Waals surface area contributed by atoms with Crippen molar-refractivity contribution in [3.05, 3.63) is 35.6 Å². The van der Waals surface area contributed by atoms with Gasteiger partial charge in [0, 0.05) is 17.0 Å². The van der Waals surface area contributed by atoms with Crippen molar-refractivity contribution in [2.45, 2.75) is 26.3 Å². The van der Waals surface area contributed by atoms with Gasteiger partial charge in [-0.25, -0.2) is 0 Å². The lowest BCUT2D eigenvalue weighted by molar-refractivity contribution is -0.143. The molecule has 4 nitrogen and oxygen atoms in total. The van der Waals surface area contributed by atoms with E-state index in [1.165, 1.54) is 0 Å². The zero-order chi connectivity index (χ0) is 13.1. The average molecular weight is 247 g/mol. The Kier molecular flexibility index (Phi) is 3.67. The lowest BCUT2D eigenvalue weighted by Crippen LogP contribution is -2.17. The van der Waals surface area contributed by atoms with Crippen LogP contribution in [0.1, 0.15) is 30.7 Å². The number of nitrogens with two attached hydrogens (primary N) is 1. The van der Waals surface area contributed by atoms with Crippen LogP contribution in [0.25, 0.3) is 11.0 Å². The molecule has 2 rings (SSSR count). The predicted octanol–water partition coefficient (Wildman–Crippen LogP) is 2.69. The molecule has 1 aromatic heterocycles. The predicted molar refractivity (Wildman–Crippen MR) is 69.1 cm³/mol. The highest BCUT2D eigenvalue weighted by Gasteiger charge is 2.20. The molecule has 1 atom stereocenters. The normalized spacial score (nSPS) is 12.6. The molecule has 0 spiro atoms. The van der Waals surface area contributed by atoms with Crippen molar-refractivity contribution >= 4 is 16.9 Å². The topological polar surface area (TPSA) is 65.5 Å². The number of furan rings is 1. The van der Waals surface area contributed by atoms with Crippen molar-refractivity contribution in [3.63, 3.8) is 0 Å². The lowest BCUT2D eigenvalue weighted by atomic mass is 10.0. The van der Waals surface area contributed by atoms with Crippen LogP contribution in [0.5, 0.6) is 0 Å². The van der Waals surface area contributed by atoms with Crippen LogP contribution in [-0.4, -0.2) is 12.6 Å². The van der Waals surface area contributed by atoms with Gasteiger partial charge in [-0.3, -0.25) is 4.79 Å². The number of para-hydroxylation sites is 1. The summed E-state index contributed by atoms with van der Waals surface area (Å²) in [7, 11) is 0. The van der Waals surface area contributed by atoms with Crippen LogP contribution in [0.2, 0.25) is 0 Å². The summed E-state index contributed by atoms with van der Waals surface area (Å²) in [5, 5.41) is 0.965. The van der Waals surface area contributed by atoms with Crippen molar-refractivity contribution in [1.29, 1.82) is 0 Å². The van der Waals surface area contributed by atoms with Gasteiger partial charge in [0.05, 0.1) is 13.0 Å². The van der Waals surface area contributed by atoms with E-state index in [4.69, 9.17) is 14.9 Å². The molecule has 0 aliphatic carbocycles. The molecule has 1 heterocycles. The fourth-order valence-electron chi connectivity index (χ4n) is 2.15. The van der Waals surface area contributed by atoms with Gasteiger partial charge in [0.15, 0.2) is 0 Å². The molecule has 2 N–H and O–H groups in total. The van der Waals surface area contributed by atoms with E-state index < -0.39 is 6.04 Å². The second-order valence-electron chi connectivity index (χ2n) is 4.18. The molecule has 0 unspecified atom stereocenters. The fraction of sp³-hybridized carbons (Fsp3) is 0.357. The Balaban J connectivity index is 2.29. The largest absolute Gasteiger partial charge is 0.466 e. The molecule has 0 saturated heterocycles. The van der Waals surface area contributed by atoms with Crippen molar-refractivity contribution in [2.24, 2.45) is 5.73 Å². The highest BCUT2D eigenvalue weighted by Crippen LogP contribution is 2.30. The molecular weight excluding hydrogens is 230 g/mol. The van der Waals surface area contributed by atoms with E-state index in [1.54, 1.807) is 6.92 Å². The number of carbonyl (C=O) groups excluding carboxylic acids is 1. The van der Waals surface area contributed by atoms with Gasteiger partial charge in [-0.15, -0.1) is 0 Å². The van der Waals surface area contributed by atoms with E-state index in [-0.39, 0.29) is 12.4 Å². The third kappa shape index (κ3) is 2.38. The van der Waals surface area contributed by atoms with Crippen molar-refractivity contribution in [1.82, 2.24) is 0 Å². The van der Waals surface area contributed by atoms with Crippen molar-refractivity contribution in [3.8, 4) is 0 Å². The average Bonchev–Trinajstić information content (AvgIpc) is 2.64. The molecule has 0 aliphatic rings. The van der Waals surface area contributed by atoms with Crippen LogP contribution in [-0.2, 0) is 9.53 Å². The van der Waals surface area contributed by atoms with Crippen LogP contribution in [0, 0.1) is 6.92 Å². The minimum absolute atomic E-state index is 0.165. The monoisotopic (exact) mass is 247 g/mol. The van der Waals surface area contributed by atoms with E-state index in [9.17, 15) is 4.79 Å². The quantitative estimate of drug-likeness (QED) is 0.843. The van der Waals surface area contributed by atoms with E-state index in [1.807, 2.05) is 31.2 Å². The number of ether oxygens (including phenoxy) is 1. The maximum atomic E-state index is 11.5. The van der Waals surface area contributed by atoms with Gasteiger partial charge < -0.3 is 14.9 Å². The van der Waals surface area contributed by atoms with Gasteiger partial charge in [0.2, 0.25) is 0 Å². The number of esters is 1. The Morgan fingerprint density at radius 3 is 2.89 bits per heavy atom. The number of benzene rings is 1. The lowest BCUT2D eigenvalue weighted by Gasteiger charge is -2.10. The van der Waals surface area contributed by atoms with Crippen LogP contribution in [0.3, 0.4) is 0 Å². The highest BCUT2D eigenvalue weighted by molar-refractivity contribution is 5.83. The Morgan fingerprint density at radius 1 is 1.44 bits per heavy atom. The molecule has 0 amide bonds. The number of hydrogen-bond donors (Lipinski definition) is 1. The Morgan fingerprint density at radius 2 is 2.17 bits per heavy atom. The van der Waals surface area contributed by atoms with E-state index in [2.05, 4.69) is 0 Å². The van der Waals surface area contributed by atoms with E-state index >= 15 is 0 Å². The maximum absolute atomic E-state index is 11.5. The third-order valence-corrected chi connectivity index (χ3v) is 2.88. The SMILES string of the molecule is CCOC(=O)C[C@H](N)c1c(C)oc2ccccc12. The second-order valence-corrected chi connectivity index (χ2v) is 4.18. The number of fused-ring (bicyclic) bond motifs is 1. The molecule has 0 fully saturated rings. The molecule has 18 heavy (non-hydrogen) atoms. The van der Waals surface area contributed by atoms with Crippen LogP contribution in [0.4, 0.5) is 0 Å². The molecule has 4 heteroatoms. The molecule has 1 aromatic carbocycles. The summed E-state index contributed by atoms with van der Waals surface area (Å²) >= 11 is 0. The summed E-state index contributed by atoms with van der Waals surface area (Å²) in [6.45, 7) is 4.01. The van der Waals surface area contributed by atoms with Gasteiger partial charge in [-0.05, 0) is 19.9 Å². The summed E-state index contributed by atoms with van der Waals surface area (Å²) in [6.07, 6.45) is 0.165. The molecule has 96 valence electrons. The first-order chi connectivity index (χ1) is 8.63. The van der Waals surface area contributed by atoms with Crippen LogP contribution >= 0.6 is 0 Å². The molecular formula is C14H17NO3. The first-order valence-corrected chi connectivity index (χ1v) is 6.02. The first-order valence-electron chi connectivity index (χ1n) is 6.02. The standard InChI is InChI=1S/C14H17NO3/c1-3-17-13(16)8-11(15)14-9(2)18-12-7-5-4-6-10(12)14/h4-7,11H,3,8,15H2,1-2H3/t11-/m0/s1. The summed E-state index contributed by atoms with van der Waals surface area (Å²) in [5.74, 6) is 0.475. The van der Waals surface area contributed by atoms with E-state index in [0.717, 1.165) is 22.3 Å². The highest BCUT2D eigenvalue weighted by atomic mass is 16.5. The number of rotatable bonds is 4. The Hall–Kier alpha value is -1.81. The van der Waals surface area contributed by atoms with Gasteiger partial charge >= 0.3 is 5.97 Å². The fourth-order valence-corrected chi connectivity index (χ4v) is 2.15. The van der Waals surface area contributed by atoms with Gasteiger partial charge in [-0.1, -0.05) is 18.2 Å².